The number of hydrogen-bond acceptors (Lipinski definition) is 3. The molecule has 2 aliphatic rings. The van der Waals surface area contributed by atoms with Gasteiger partial charge in [-0.2, -0.15) is 0 Å². The van der Waals surface area contributed by atoms with E-state index in [4.69, 9.17) is 10.7 Å². The van der Waals surface area contributed by atoms with Gasteiger partial charge in [0, 0.05) is 23.8 Å². The Morgan fingerprint density at radius 2 is 2.12 bits per heavy atom. The molecular weight excluding hydrogens is 198 g/mol. The first kappa shape index (κ1) is 10.1. The van der Waals surface area contributed by atoms with Gasteiger partial charge >= 0.3 is 0 Å². The van der Waals surface area contributed by atoms with E-state index in [0.717, 1.165) is 12.2 Å². The Bertz CT molecular complexity index is 396. The second kappa shape index (κ2) is 4.06. The summed E-state index contributed by atoms with van der Waals surface area (Å²) >= 11 is 0. The van der Waals surface area contributed by atoms with Gasteiger partial charge in [0.05, 0.1) is 0 Å². The maximum absolute atomic E-state index is 5.80. The summed E-state index contributed by atoms with van der Waals surface area (Å²) in [5.41, 5.74) is 9.71. The predicted octanol–water partition coefficient (Wildman–Crippen LogP) is 1.99. The summed E-state index contributed by atoms with van der Waals surface area (Å²) in [6.07, 6.45) is 7.46. The summed E-state index contributed by atoms with van der Waals surface area (Å²) in [6.45, 7) is 0.593. The first-order valence-corrected chi connectivity index (χ1v) is 6.35. The van der Waals surface area contributed by atoms with Gasteiger partial charge in [0.2, 0.25) is 0 Å². The molecule has 0 bridgehead atoms. The van der Waals surface area contributed by atoms with Crippen molar-refractivity contribution in [1.82, 2.24) is 4.98 Å². The molecule has 16 heavy (non-hydrogen) atoms. The van der Waals surface area contributed by atoms with E-state index in [1.54, 1.807) is 0 Å². The fourth-order valence-electron chi connectivity index (χ4n) is 2.38. The van der Waals surface area contributed by atoms with Crippen LogP contribution in [0.3, 0.4) is 0 Å². The molecule has 3 N–H and O–H groups in total. The highest BCUT2D eigenvalue weighted by Gasteiger charge is 2.23. The van der Waals surface area contributed by atoms with Gasteiger partial charge in [-0.05, 0) is 50.2 Å². The van der Waals surface area contributed by atoms with E-state index in [0.29, 0.717) is 12.6 Å². The van der Waals surface area contributed by atoms with Crippen molar-refractivity contribution >= 4 is 5.82 Å². The summed E-state index contributed by atoms with van der Waals surface area (Å²) in [6, 6.07) is 2.92. The molecule has 2 aliphatic carbocycles. The van der Waals surface area contributed by atoms with Crippen LogP contribution in [0, 0.1) is 0 Å². The maximum Gasteiger partial charge on any atom is 0.130 e. The number of anilines is 1. The molecule has 86 valence electrons. The Labute approximate surface area is 96.4 Å². The Hall–Kier alpha value is -1.09. The summed E-state index contributed by atoms with van der Waals surface area (Å²) in [7, 11) is 0. The smallest absolute Gasteiger partial charge is 0.130 e. The van der Waals surface area contributed by atoms with E-state index >= 15 is 0 Å². The van der Waals surface area contributed by atoms with Crippen molar-refractivity contribution in [2.45, 2.75) is 51.1 Å². The van der Waals surface area contributed by atoms with Crippen LogP contribution >= 0.6 is 0 Å². The van der Waals surface area contributed by atoms with E-state index < -0.39 is 0 Å². The Kier molecular flexibility index (Phi) is 2.56. The van der Waals surface area contributed by atoms with Crippen molar-refractivity contribution in [3.05, 3.63) is 22.9 Å². The molecule has 0 saturated heterocycles. The minimum absolute atomic E-state index is 0.593. The lowest BCUT2D eigenvalue weighted by Crippen LogP contribution is -2.14. The number of hydrogen-bond donors (Lipinski definition) is 2. The Morgan fingerprint density at radius 3 is 2.88 bits per heavy atom. The molecule has 3 nitrogen and oxygen atoms in total. The fourth-order valence-corrected chi connectivity index (χ4v) is 2.38. The van der Waals surface area contributed by atoms with Gasteiger partial charge < -0.3 is 11.1 Å². The van der Waals surface area contributed by atoms with E-state index in [-0.39, 0.29) is 0 Å². The van der Waals surface area contributed by atoms with Crippen molar-refractivity contribution in [3.63, 3.8) is 0 Å². The number of aryl methyl sites for hydroxylation is 2. The van der Waals surface area contributed by atoms with Gasteiger partial charge in [-0.1, -0.05) is 0 Å². The van der Waals surface area contributed by atoms with E-state index in [9.17, 15) is 0 Å². The van der Waals surface area contributed by atoms with Crippen LogP contribution in [0.1, 0.15) is 42.5 Å². The predicted molar refractivity (Wildman–Crippen MR) is 65.4 cm³/mol. The molecule has 1 fully saturated rings. The zero-order valence-electron chi connectivity index (χ0n) is 9.63. The molecule has 0 aliphatic heterocycles. The van der Waals surface area contributed by atoms with Crippen molar-refractivity contribution in [2.24, 2.45) is 5.73 Å². The molecule has 3 rings (SSSR count). The lowest BCUT2D eigenvalue weighted by Gasteiger charge is -2.18. The molecule has 1 heterocycles. The van der Waals surface area contributed by atoms with Gasteiger partial charge in [-0.15, -0.1) is 0 Å². The number of nitrogens with one attached hydrogen (secondary N) is 1. The minimum atomic E-state index is 0.593. The second-order valence-electron chi connectivity index (χ2n) is 4.93. The minimum Gasteiger partial charge on any atom is -0.367 e. The maximum atomic E-state index is 5.80. The summed E-state index contributed by atoms with van der Waals surface area (Å²) in [4.78, 5) is 4.77. The number of pyridine rings is 1. The third-order valence-electron chi connectivity index (χ3n) is 3.52. The second-order valence-corrected chi connectivity index (χ2v) is 4.93. The van der Waals surface area contributed by atoms with Crippen LogP contribution in [-0.2, 0) is 19.4 Å². The third kappa shape index (κ3) is 1.92. The van der Waals surface area contributed by atoms with Crippen molar-refractivity contribution in [2.75, 3.05) is 5.32 Å². The average molecular weight is 217 g/mol. The molecule has 1 saturated carbocycles. The van der Waals surface area contributed by atoms with Gasteiger partial charge in [-0.3, -0.25) is 0 Å². The number of nitrogens with two attached hydrogens (primary N) is 1. The Balaban J connectivity index is 1.94. The molecule has 1 aromatic heterocycles. The van der Waals surface area contributed by atoms with Crippen molar-refractivity contribution < 1.29 is 0 Å². The molecule has 0 spiro atoms. The van der Waals surface area contributed by atoms with Crippen LogP contribution in [0.2, 0.25) is 0 Å². The molecule has 3 heteroatoms. The van der Waals surface area contributed by atoms with Crippen LogP contribution in [0.15, 0.2) is 6.07 Å². The highest BCUT2D eigenvalue weighted by Crippen LogP contribution is 2.29. The van der Waals surface area contributed by atoms with Gasteiger partial charge in [0.25, 0.3) is 0 Å². The van der Waals surface area contributed by atoms with E-state index in [1.807, 2.05) is 0 Å². The monoisotopic (exact) mass is 217 g/mol. The molecule has 0 aromatic carbocycles. The van der Waals surface area contributed by atoms with Crippen LogP contribution in [0.4, 0.5) is 5.82 Å². The van der Waals surface area contributed by atoms with E-state index in [2.05, 4.69) is 11.4 Å². The molecule has 0 amide bonds. The van der Waals surface area contributed by atoms with Crippen LogP contribution in [0.25, 0.3) is 0 Å². The number of aromatic nitrogens is 1. The van der Waals surface area contributed by atoms with Crippen LogP contribution in [0.5, 0.6) is 0 Å². The summed E-state index contributed by atoms with van der Waals surface area (Å²) < 4.78 is 0. The van der Waals surface area contributed by atoms with Crippen molar-refractivity contribution in [1.29, 1.82) is 0 Å². The third-order valence-corrected chi connectivity index (χ3v) is 3.52. The fraction of sp³-hybridized carbons (Fsp3) is 0.615. The first-order chi connectivity index (χ1) is 7.86. The van der Waals surface area contributed by atoms with Crippen LogP contribution in [-0.4, -0.2) is 11.0 Å². The molecular formula is C13H19N3. The quantitative estimate of drug-likeness (QED) is 0.814. The normalized spacial score (nSPS) is 19.3. The lowest BCUT2D eigenvalue weighted by molar-refractivity contribution is 0.666. The van der Waals surface area contributed by atoms with Gasteiger partial charge in [0.1, 0.15) is 5.82 Å². The highest BCUT2D eigenvalue weighted by molar-refractivity contribution is 5.49. The van der Waals surface area contributed by atoms with Gasteiger partial charge in [0.15, 0.2) is 0 Å². The number of nitrogens with zero attached hydrogens (tertiary/aromatic N) is 1. The van der Waals surface area contributed by atoms with Crippen molar-refractivity contribution in [3.8, 4) is 0 Å². The van der Waals surface area contributed by atoms with Crippen LogP contribution < -0.4 is 11.1 Å². The van der Waals surface area contributed by atoms with Gasteiger partial charge in [-0.25, -0.2) is 4.98 Å². The summed E-state index contributed by atoms with van der Waals surface area (Å²) in [5, 5.41) is 3.49. The first-order valence-electron chi connectivity index (χ1n) is 6.35. The molecule has 0 unspecified atom stereocenters. The summed E-state index contributed by atoms with van der Waals surface area (Å²) in [5.74, 6) is 1.05. The lowest BCUT2D eigenvalue weighted by atomic mass is 9.95. The van der Waals surface area contributed by atoms with E-state index in [1.165, 1.54) is 48.9 Å². The standard InChI is InChI=1S/C13H19N3/c14-8-10-7-9-3-1-2-4-12(9)16-13(10)15-11-5-6-11/h7,11H,1-6,8,14H2,(H,15,16). The Morgan fingerprint density at radius 1 is 1.31 bits per heavy atom. The topological polar surface area (TPSA) is 50.9 Å². The number of rotatable bonds is 3. The average Bonchev–Trinajstić information content (AvgIpc) is 3.12. The number of fused-ring (bicyclic) bond motifs is 1. The molecule has 1 aromatic rings. The largest absolute Gasteiger partial charge is 0.367 e. The molecule has 0 atom stereocenters. The zero-order chi connectivity index (χ0) is 11.0. The molecule has 0 radical (unpaired) electrons. The SMILES string of the molecule is NCc1cc2c(nc1NC1CC1)CCCC2. The zero-order valence-corrected chi connectivity index (χ0v) is 9.63. The highest BCUT2D eigenvalue weighted by atomic mass is 15.0.